The Morgan fingerprint density at radius 3 is 2.38 bits per heavy atom. The second-order valence-corrected chi connectivity index (χ2v) is 4.92. The number of aliphatic carboxylic acids is 1. The normalized spacial score (nSPS) is 17.0. The second-order valence-electron chi connectivity index (χ2n) is 4.92. The molecule has 0 aromatic carbocycles. The lowest BCUT2D eigenvalue weighted by molar-refractivity contribution is -0.137. The molecule has 2 amide bonds. The number of nitrogens with one attached hydrogen (secondary N) is 1. The van der Waals surface area contributed by atoms with Gasteiger partial charge in [0.15, 0.2) is 0 Å². The van der Waals surface area contributed by atoms with Crippen molar-refractivity contribution in [2.24, 2.45) is 0 Å². The van der Waals surface area contributed by atoms with E-state index in [-0.39, 0.29) is 30.6 Å². The van der Waals surface area contributed by atoms with E-state index in [0.717, 1.165) is 12.8 Å². The van der Waals surface area contributed by atoms with Crippen molar-refractivity contribution >= 4 is 12.0 Å². The summed E-state index contributed by atoms with van der Waals surface area (Å²) in [5, 5.41) is 11.5. The van der Waals surface area contributed by atoms with Crippen LogP contribution in [-0.2, 0) is 4.79 Å². The highest BCUT2D eigenvalue weighted by atomic mass is 16.4. The van der Waals surface area contributed by atoms with Crippen molar-refractivity contribution in [1.82, 2.24) is 10.2 Å². The molecule has 5 nitrogen and oxygen atoms in total. The Hall–Kier alpha value is -1.26. The van der Waals surface area contributed by atoms with Gasteiger partial charge in [-0.1, -0.05) is 0 Å². The van der Waals surface area contributed by atoms with Gasteiger partial charge in [-0.05, 0) is 33.6 Å². The molecule has 2 N–H and O–H groups in total. The van der Waals surface area contributed by atoms with E-state index < -0.39 is 5.97 Å². The van der Waals surface area contributed by atoms with Crippen LogP contribution in [0, 0.1) is 0 Å². The highest BCUT2D eigenvalue weighted by Gasteiger charge is 2.39. The first-order chi connectivity index (χ1) is 7.34. The maximum Gasteiger partial charge on any atom is 0.318 e. The molecular formula is C11H20N2O3. The Balaban J connectivity index is 2.48. The first kappa shape index (κ1) is 12.8. The molecule has 0 aliphatic heterocycles. The van der Waals surface area contributed by atoms with E-state index in [9.17, 15) is 9.59 Å². The van der Waals surface area contributed by atoms with E-state index in [1.807, 2.05) is 20.8 Å². The van der Waals surface area contributed by atoms with Crippen LogP contribution in [-0.4, -0.2) is 40.1 Å². The number of urea groups is 1. The van der Waals surface area contributed by atoms with Gasteiger partial charge in [-0.15, -0.1) is 0 Å². The number of carbonyl (C=O) groups is 2. The molecule has 0 spiro atoms. The Labute approximate surface area is 95.8 Å². The maximum atomic E-state index is 11.9. The fourth-order valence-corrected chi connectivity index (χ4v) is 1.45. The van der Waals surface area contributed by atoms with Crippen molar-refractivity contribution in [1.29, 1.82) is 0 Å². The average Bonchev–Trinajstić information content (AvgIpc) is 2.81. The van der Waals surface area contributed by atoms with Gasteiger partial charge >= 0.3 is 12.0 Å². The van der Waals surface area contributed by atoms with Crippen molar-refractivity contribution in [2.75, 3.05) is 6.54 Å². The smallest absolute Gasteiger partial charge is 0.318 e. The molecule has 0 unspecified atom stereocenters. The summed E-state index contributed by atoms with van der Waals surface area (Å²) in [4.78, 5) is 23.9. The molecule has 0 atom stereocenters. The molecule has 5 heteroatoms. The first-order valence-corrected chi connectivity index (χ1v) is 5.65. The quantitative estimate of drug-likeness (QED) is 0.748. The zero-order chi connectivity index (χ0) is 12.3. The molecule has 0 saturated heterocycles. The molecule has 92 valence electrons. The molecule has 1 fully saturated rings. The monoisotopic (exact) mass is 228 g/mol. The maximum absolute atomic E-state index is 11.9. The minimum absolute atomic E-state index is 0.0116. The number of nitrogens with zero attached hydrogens (tertiary/aromatic N) is 1. The van der Waals surface area contributed by atoms with Gasteiger partial charge in [0, 0.05) is 18.1 Å². The van der Waals surface area contributed by atoms with Crippen molar-refractivity contribution < 1.29 is 14.7 Å². The SMILES string of the molecule is CC(C)N(CCC(=O)O)C(=O)NC1(C)CC1. The molecule has 0 aromatic heterocycles. The van der Waals surface area contributed by atoms with Crippen molar-refractivity contribution in [3.05, 3.63) is 0 Å². The molecule has 0 bridgehead atoms. The van der Waals surface area contributed by atoms with Crippen LogP contribution in [0.3, 0.4) is 0 Å². The zero-order valence-corrected chi connectivity index (χ0v) is 10.1. The molecule has 1 aliphatic carbocycles. The third kappa shape index (κ3) is 3.72. The predicted octanol–water partition coefficient (Wildman–Crippen LogP) is 1.43. The van der Waals surface area contributed by atoms with E-state index in [4.69, 9.17) is 5.11 Å². The van der Waals surface area contributed by atoms with Gasteiger partial charge in [0.1, 0.15) is 0 Å². The molecule has 1 rings (SSSR count). The standard InChI is InChI=1S/C11H20N2O3/c1-8(2)13(7-4-9(14)15)10(16)12-11(3)5-6-11/h8H,4-7H2,1-3H3,(H,12,16)(H,14,15). The average molecular weight is 228 g/mol. The number of carboxylic acid groups (broad SMARTS) is 1. The summed E-state index contributed by atoms with van der Waals surface area (Å²) in [7, 11) is 0. The number of carboxylic acids is 1. The summed E-state index contributed by atoms with van der Waals surface area (Å²) in [6.07, 6.45) is 2.00. The highest BCUT2D eigenvalue weighted by Crippen LogP contribution is 2.34. The lowest BCUT2D eigenvalue weighted by Crippen LogP contribution is -2.48. The fraction of sp³-hybridized carbons (Fsp3) is 0.818. The third-order valence-electron chi connectivity index (χ3n) is 2.86. The third-order valence-corrected chi connectivity index (χ3v) is 2.86. The van der Waals surface area contributed by atoms with E-state index in [2.05, 4.69) is 5.32 Å². The first-order valence-electron chi connectivity index (χ1n) is 5.65. The Morgan fingerprint density at radius 2 is 2.00 bits per heavy atom. The van der Waals surface area contributed by atoms with Crippen LogP contribution >= 0.6 is 0 Å². The summed E-state index contributed by atoms with van der Waals surface area (Å²) in [5.41, 5.74) is -0.0621. The molecule has 16 heavy (non-hydrogen) atoms. The number of carbonyl (C=O) groups excluding carboxylic acids is 1. The van der Waals surface area contributed by atoms with Crippen LogP contribution in [0.25, 0.3) is 0 Å². The van der Waals surface area contributed by atoms with Gasteiger partial charge in [-0.25, -0.2) is 4.79 Å². The molecular weight excluding hydrogens is 208 g/mol. The molecule has 0 heterocycles. The van der Waals surface area contributed by atoms with E-state index in [1.54, 1.807) is 4.90 Å². The van der Waals surface area contributed by atoms with Crippen LogP contribution in [0.4, 0.5) is 4.79 Å². The molecule has 1 aliphatic rings. The van der Waals surface area contributed by atoms with Crippen LogP contribution in [0.5, 0.6) is 0 Å². The molecule has 1 saturated carbocycles. The van der Waals surface area contributed by atoms with Gasteiger partial charge in [0.05, 0.1) is 6.42 Å². The number of rotatable bonds is 5. The van der Waals surface area contributed by atoms with Crippen LogP contribution in [0.2, 0.25) is 0 Å². The predicted molar refractivity (Wildman–Crippen MR) is 60.3 cm³/mol. The van der Waals surface area contributed by atoms with Crippen LogP contribution in [0.15, 0.2) is 0 Å². The Kier molecular flexibility index (Phi) is 3.78. The van der Waals surface area contributed by atoms with Crippen LogP contribution < -0.4 is 5.32 Å². The summed E-state index contributed by atoms with van der Waals surface area (Å²) >= 11 is 0. The Morgan fingerprint density at radius 1 is 1.44 bits per heavy atom. The summed E-state index contributed by atoms with van der Waals surface area (Å²) in [6.45, 7) is 6.03. The van der Waals surface area contributed by atoms with Gasteiger partial charge < -0.3 is 15.3 Å². The van der Waals surface area contributed by atoms with E-state index >= 15 is 0 Å². The molecule has 0 radical (unpaired) electrons. The fourth-order valence-electron chi connectivity index (χ4n) is 1.45. The summed E-state index contributed by atoms with van der Waals surface area (Å²) in [6, 6.07) is -0.141. The van der Waals surface area contributed by atoms with Crippen molar-refractivity contribution in [3.8, 4) is 0 Å². The van der Waals surface area contributed by atoms with Gasteiger partial charge in [-0.2, -0.15) is 0 Å². The summed E-state index contributed by atoms with van der Waals surface area (Å²) < 4.78 is 0. The van der Waals surface area contributed by atoms with Crippen molar-refractivity contribution in [3.63, 3.8) is 0 Å². The summed E-state index contributed by atoms with van der Waals surface area (Å²) in [5.74, 6) is -0.879. The lowest BCUT2D eigenvalue weighted by atomic mass is 10.3. The topological polar surface area (TPSA) is 69.6 Å². The Bertz CT molecular complexity index is 285. The molecule has 0 aromatic rings. The minimum atomic E-state index is -0.879. The number of amides is 2. The van der Waals surface area contributed by atoms with E-state index in [0.29, 0.717) is 0 Å². The largest absolute Gasteiger partial charge is 0.481 e. The van der Waals surface area contributed by atoms with Crippen LogP contribution in [0.1, 0.15) is 40.0 Å². The van der Waals surface area contributed by atoms with Gasteiger partial charge in [0.25, 0.3) is 0 Å². The second kappa shape index (κ2) is 4.72. The highest BCUT2D eigenvalue weighted by molar-refractivity contribution is 5.76. The number of hydrogen-bond donors (Lipinski definition) is 2. The van der Waals surface area contributed by atoms with Gasteiger partial charge in [0.2, 0.25) is 0 Å². The van der Waals surface area contributed by atoms with E-state index in [1.165, 1.54) is 0 Å². The minimum Gasteiger partial charge on any atom is -0.481 e. The lowest BCUT2D eigenvalue weighted by Gasteiger charge is -2.28. The van der Waals surface area contributed by atoms with Crippen molar-refractivity contribution in [2.45, 2.75) is 51.6 Å². The van der Waals surface area contributed by atoms with Gasteiger partial charge in [-0.3, -0.25) is 4.79 Å². The zero-order valence-electron chi connectivity index (χ0n) is 10.1. The number of hydrogen-bond acceptors (Lipinski definition) is 2.